The Morgan fingerprint density at radius 1 is 1.62 bits per heavy atom. The van der Waals surface area contributed by atoms with E-state index in [1.54, 1.807) is 6.07 Å². The van der Waals surface area contributed by atoms with E-state index in [-0.39, 0.29) is 5.56 Å². The number of hydrogen-bond acceptors (Lipinski definition) is 3. The Balaban J connectivity index is 2.40. The standard InChI is InChI=1S/C9H10N2O2/c12-9(13)7-4-6-2-1-3-10-8(6)11-5-7/h4-5H,1-3H2,(H,10,11)(H,12,13). The zero-order valence-electron chi connectivity index (χ0n) is 7.08. The Morgan fingerprint density at radius 3 is 3.23 bits per heavy atom. The number of aryl methyl sites for hydroxylation is 1. The van der Waals surface area contributed by atoms with Crippen LogP contribution in [-0.2, 0) is 6.42 Å². The number of aromatic nitrogens is 1. The Kier molecular flexibility index (Phi) is 1.88. The minimum Gasteiger partial charge on any atom is -0.478 e. The van der Waals surface area contributed by atoms with E-state index in [1.165, 1.54) is 6.20 Å². The molecule has 1 aromatic rings. The third-order valence-corrected chi connectivity index (χ3v) is 2.13. The highest BCUT2D eigenvalue weighted by molar-refractivity contribution is 5.87. The van der Waals surface area contributed by atoms with E-state index in [9.17, 15) is 4.79 Å². The van der Waals surface area contributed by atoms with Gasteiger partial charge in [0.25, 0.3) is 0 Å². The lowest BCUT2D eigenvalue weighted by Gasteiger charge is -2.16. The molecule has 0 fully saturated rings. The molecule has 0 saturated heterocycles. The van der Waals surface area contributed by atoms with Crippen LogP contribution >= 0.6 is 0 Å². The van der Waals surface area contributed by atoms with Gasteiger partial charge in [0.2, 0.25) is 0 Å². The van der Waals surface area contributed by atoms with Gasteiger partial charge in [-0.05, 0) is 24.5 Å². The molecule has 0 saturated carbocycles. The molecule has 2 rings (SSSR count). The van der Waals surface area contributed by atoms with Gasteiger partial charge >= 0.3 is 5.97 Å². The summed E-state index contributed by atoms with van der Waals surface area (Å²) in [4.78, 5) is 14.7. The van der Waals surface area contributed by atoms with Gasteiger partial charge in [-0.15, -0.1) is 0 Å². The largest absolute Gasteiger partial charge is 0.478 e. The summed E-state index contributed by atoms with van der Waals surface area (Å²) in [5.41, 5.74) is 1.27. The summed E-state index contributed by atoms with van der Waals surface area (Å²) in [5, 5.41) is 11.9. The van der Waals surface area contributed by atoms with Gasteiger partial charge in [0.1, 0.15) is 5.82 Å². The Morgan fingerprint density at radius 2 is 2.46 bits per heavy atom. The maximum atomic E-state index is 10.6. The van der Waals surface area contributed by atoms with E-state index in [0.29, 0.717) is 0 Å². The van der Waals surface area contributed by atoms with Crippen molar-refractivity contribution in [2.45, 2.75) is 12.8 Å². The van der Waals surface area contributed by atoms with E-state index < -0.39 is 5.97 Å². The van der Waals surface area contributed by atoms with Gasteiger partial charge in [-0.3, -0.25) is 0 Å². The number of rotatable bonds is 1. The number of pyridine rings is 1. The summed E-state index contributed by atoms with van der Waals surface area (Å²) in [6.45, 7) is 0.923. The minimum atomic E-state index is -0.916. The van der Waals surface area contributed by atoms with Crippen LogP contribution in [0.15, 0.2) is 12.3 Å². The summed E-state index contributed by atoms with van der Waals surface area (Å²) in [6, 6.07) is 1.69. The number of carboxylic acids is 1. The molecule has 13 heavy (non-hydrogen) atoms. The van der Waals surface area contributed by atoms with E-state index >= 15 is 0 Å². The molecule has 2 N–H and O–H groups in total. The molecular weight excluding hydrogens is 168 g/mol. The lowest BCUT2D eigenvalue weighted by molar-refractivity contribution is 0.0696. The lowest BCUT2D eigenvalue weighted by Crippen LogP contribution is -2.14. The van der Waals surface area contributed by atoms with Crippen LogP contribution in [0.2, 0.25) is 0 Å². The van der Waals surface area contributed by atoms with Crippen molar-refractivity contribution in [1.82, 2.24) is 4.98 Å². The van der Waals surface area contributed by atoms with Gasteiger partial charge in [0, 0.05) is 12.7 Å². The molecule has 68 valence electrons. The molecule has 0 atom stereocenters. The SMILES string of the molecule is O=C(O)c1cnc2c(c1)CCCN2. The fourth-order valence-electron chi connectivity index (χ4n) is 1.46. The second-order valence-corrected chi connectivity index (χ2v) is 3.07. The molecular formula is C9H10N2O2. The second-order valence-electron chi connectivity index (χ2n) is 3.07. The summed E-state index contributed by atoms with van der Waals surface area (Å²) < 4.78 is 0. The molecule has 0 unspecified atom stereocenters. The maximum Gasteiger partial charge on any atom is 0.337 e. The van der Waals surface area contributed by atoms with Crippen molar-refractivity contribution in [2.24, 2.45) is 0 Å². The topological polar surface area (TPSA) is 62.2 Å². The van der Waals surface area contributed by atoms with Crippen LogP contribution in [0.1, 0.15) is 22.3 Å². The predicted molar refractivity (Wildman–Crippen MR) is 48.0 cm³/mol. The fraction of sp³-hybridized carbons (Fsp3) is 0.333. The highest BCUT2D eigenvalue weighted by Gasteiger charge is 2.12. The molecule has 4 heteroatoms. The van der Waals surface area contributed by atoms with Crippen molar-refractivity contribution in [3.63, 3.8) is 0 Å². The molecule has 0 amide bonds. The molecule has 0 aliphatic carbocycles. The Labute approximate surface area is 75.6 Å². The molecule has 0 spiro atoms. The average molecular weight is 178 g/mol. The van der Waals surface area contributed by atoms with Gasteiger partial charge < -0.3 is 10.4 Å². The maximum absolute atomic E-state index is 10.6. The average Bonchev–Trinajstić information content (AvgIpc) is 2.17. The molecule has 1 aliphatic heterocycles. The molecule has 0 radical (unpaired) electrons. The summed E-state index contributed by atoms with van der Waals surface area (Å²) >= 11 is 0. The fourth-order valence-corrected chi connectivity index (χ4v) is 1.46. The van der Waals surface area contributed by atoms with Gasteiger partial charge in [0.15, 0.2) is 0 Å². The van der Waals surface area contributed by atoms with Crippen molar-refractivity contribution in [2.75, 3.05) is 11.9 Å². The molecule has 4 nitrogen and oxygen atoms in total. The first kappa shape index (κ1) is 8.04. The third-order valence-electron chi connectivity index (χ3n) is 2.13. The number of nitrogens with zero attached hydrogens (tertiary/aromatic N) is 1. The predicted octanol–water partition coefficient (Wildman–Crippen LogP) is 1.14. The monoisotopic (exact) mass is 178 g/mol. The molecule has 0 aromatic carbocycles. The first-order valence-corrected chi connectivity index (χ1v) is 4.23. The number of fused-ring (bicyclic) bond motifs is 1. The second kappa shape index (κ2) is 3.05. The number of nitrogens with one attached hydrogen (secondary N) is 1. The Bertz CT molecular complexity index is 349. The zero-order chi connectivity index (χ0) is 9.26. The summed E-state index contributed by atoms with van der Waals surface area (Å²) in [6.07, 6.45) is 3.34. The van der Waals surface area contributed by atoms with Crippen LogP contribution in [0.4, 0.5) is 5.82 Å². The molecule has 1 aliphatic rings. The highest BCUT2D eigenvalue weighted by Crippen LogP contribution is 2.19. The third kappa shape index (κ3) is 1.47. The molecule has 1 aromatic heterocycles. The lowest BCUT2D eigenvalue weighted by atomic mass is 10.1. The van der Waals surface area contributed by atoms with Crippen molar-refractivity contribution in [3.05, 3.63) is 23.4 Å². The van der Waals surface area contributed by atoms with Gasteiger partial charge in [-0.25, -0.2) is 9.78 Å². The van der Waals surface area contributed by atoms with Crippen LogP contribution in [0.25, 0.3) is 0 Å². The summed E-state index contributed by atoms with van der Waals surface area (Å²) in [7, 11) is 0. The highest BCUT2D eigenvalue weighted by atomic mass is 16.4. The van der Waals surface area contributed by atoms with Gasteiger partial charge in [-0.1, -0.05) is 0 Å². The van der Waals surface area contributed by atoms with E-state index in [1.807, 2.05) is 0 Å². The number of hydrogen-bond donors (Lipinski definition) is 2. The quantitative estimate of drug-likeness (QED) is 0.676. The van der Waals surface area contributed by atoms with Crippen molar-refractivity contribution in [1.29, 1.82) is 0 Å². The van der Waals surface area contributed by atoms with Crippen LogP contribution in [0.5, 0.6) is 0 Å². The van der Waals surface area contributed by atoms with Gasteiger partial charge in [-0.2, -0.15) is 0 Å². The number of aromatic carboxylic acids is 1. The van der Waals surface area contributed by atoms with E-state index in [0.717, 1.165) is 30.8 Å². The normalized spacial score (nSPS) is 14.5. The molecule has 0 bridgehead atoms. The Hall–Kier alpha value is -1.58. The van der Waals surface area contributed by atoms with Crippen molar-refractivity contribution in [3.8, 4) is 0 Å². The number of carbonyl (C=O) groups is 1. The van der Waals surface area contributed by atoms with E-state index in [4.69, 9.17) is 5.11 Å². The van der Waals surface area contributed by atoms with Crippen LogP contribution in [0, 0.1) is 0 Å². The zero-order valence-corrected chi connectivity index (χ0v) is 7.08. The summed E-state index contributed by atoms with van der Waals surface area (Å²) in [5.74, 6) is -0.0860. The van der Waals surface area contributed by atoms with E-state index in [2.05, 4.69) is 10.3 Å². The molecule has 2 heterocycles. The first-order valence-electron chi connectivity index (χ1n) is 4.23. The van der Waals surface area contributed by atoms with Crippen LogP contribution in [0.3, 0.4) is 0 Å². The smallest absolute Gasteiger partial charge is 0.337 e. The minimum absolute atomic E-state index is 0.266. The van der Waals surface area contributed by atoms with Crippen molar-refractivity contribution < 1.29 is 9.90 Å². The first-order chi connectivity index (χ1) is 6.27. The number of carboxylic acid groups (broad SMARTS) is 1. The van der Waals surface area contributed by atoms with Crippen LogP contribution in [-0.4, -0.2) is 22.6 Å². The number of anilines is 1. The van der Waals surface area contributed by atoms with Crippen molar-refractivity contribution >= 4 is 11.8 Å². The van der Waals surface area contributed by atoms with Crippen LogP contribution < -0.4 is 5.32 Å². The van der Waals surface area contributed by atoms with Gasteiger partial charge in [0.05, 0.1) is 5.56 Å².